The minimum absolute atomic E-state index is 0.675. The van der Waals surface area contributed by atoms with Gasteiger partial charge in [0, 0.05) is 22.9 Å². The molecule has 3 rings (SSSR count). The number of thiocarbonyl (C=S) groups is 1. The van der Waals surface area contributed by atoms with Crippen LogP contribution in [0.25, 0.3) is 0 Å². The van der Waals surface area contributed by atoms with Gasteiger partial charge in [0.15, 0.2) is 5.11 Å². The van der Waals surface area contributed by atoms with Gasteiger partial charge in [-0.1, -0.05) is 60.7 Å². The van der Waals surface area contributed by atoms with E-state index in [-0.39, 0.29) is 0 Å². The maximum Gasteiger partial charge on any atom is 0.170 e. The van der Waals surface area contributed by atoms with Crippen molar-refractivity contribution in [3.05, 3.63) is 96.1 Å². The summed E-state index contributed by atoms with van der Waals surface area (Å²) in [5.74, 6) is 0.965. The fraction of sp³-hybridized carbons (Fsp3) is 0.174. The van der Waals surface area contributed by atoms with E-state index in [1.54, 1.807) is 0 Å². The van der Waals surface area contributed by atoms with Crippen molar-refractivity contribution in [3.8, 4) is 0 Å². The Morgan fingerprint density at radius 3 is 2.15 bits per heavy atom. The molecule has 0 heterocycles. The fourth-order valence-corrected chi connectivity index (χ4v) is 3.78. The standard InChI is InChI=1S/C23H24N2S2/c26-23(24-17-7-10-19-8-3-1-4-9-19)25-21-15-13-20(14-16-21)18-27-22-11-5-2-6-12-22/h1-6,8-9,11-16H,7,10,17-18H2,(H2,24,25,26). The minimum atomic E-state index is 0.675. The van der Waals surface area contributed by atoms with Crippen LogP contribution in [-0.4, -0.2) is 11.7 Å². The monoisotopic (exact) mass is 392 g/mol. The molecule has 0 aliphatic carbocycles. The molecule has 0 aliphatic heterocycles. The van der Waals surface area contributed by atoms with Gasteiger partial charge in [-0.15, -0.1) is 11.8 Å². The smallest absolute Gasteiger partial charge is 0.170 e. The van der Waals surface area contributed by atoms with E-state index < -0.39 is 0 Å². The van der Waals surface area contributed by atoms with Crippen molar-refractivity contribution >= 4 is 34.8 Å². The molecule has 0 aromatic heterocycles. The Balaban J connectivity index is 1.36. The first-order valence-corrected chi connectivity index (χ1v) is 10.5. The molecular weight excluding hydrogens is 368 g/mol. The highest BCUT2D eigenvalue weighted by Crippen LogP contribution is 2.23. The van der Waals surface area contributed by atoms with Gasteiger partial charge in [-0.25, -0.2) is 0 Å². The van der Waals surface area contributed by atoms with Crippen molar-refractivity contribution in [3.63, 3.8) is 0 Å². The van der Waals surface area contributed by atoms with Gasteiger partial charge in [0.05, 0.1) is 0 Å². The third kappa shape index (κ3) is 7.08. The average molecular weight is 393 g/mol. The van der Waals surface area contributed by atoms with Gasteiger partial charge < -0.3 is 10.6 Å². The van der Waals surface area contributed by atoms with Crippen LogP contribution < -0.4 is 10.6 Å². The molecule has 0 saturated carbocycles. The lowest BCUT2D eigenvalue weighted by Gasteiger charge is -2.11. The number of rotatable bonds is 8. The number of aryl methyl sites for hydroxylation is 1. The summed E-state index contributed by atoms with van der Waals surface area (Å²) in [6, 6.07) is 29.5. The summed E-state index contributed by atoms with van der Waals surface area (Å²) in [5, 5.41) is 7.21. The molecule has 2 N–H and O–H groups in total. The van der Waals surface area contributed by atoms with E-state index in [1.807, 2.05) is 23.9 Å². The SMILES string of the molecule is S=C(NCCCc1ccccc1)Nc1ccc(CSc2ccccc2)cc1. The summed E-state index contributed by atoms with van der Waals surface area (Å²) < 4.78 is 0. The number of nitrogens with one attached hydrogen (secondary N) is 2. The van der Waals surface area contributed by atoms with Crippen LogP contribution in [0.3, 0.4) is 0 Å². The zero-order valence-electron chi connectivity index (χ0n) is 15.2. The summed E-state index contributed by atoms with van der Waals surface area (Å²) >= 11 is 7.23. The van der Waals surface area contributed by atoms with Crippen LogP contribution in [0, 0.1) is 0 Å². The zero-order valence-corrected chi connectivity index (χ0v) is 16.9. The second kappa shape index (κ2) is 10.8. The van der Waals surface area contributed by atoms with Gasteiger partial charge in [0.25, 0.3) is 0 Å². The minimum Gasteiger partial charge on any atom is -0.362 e. The van der Waals surface area contributed by atoms with Crippen LogP contribution in [0.4, 0.5) is 5.69 Å². The fourth-order valence-electron chi connectivity index (χ4n) is 2.68. The third-order valence-electron chi connectivity index (χ3n) is 4.13. The van der Waals surface area contributed by atoms with Crippen molar-refractivity contribution in [1.29, 1.82) is 0 Å². The van der Waals surface area contributed by atoms with Gasteiger partial charge >= 0.3 is 0 Å². The molecule has 0 saturated heterocycles. The first-order valence-electron chi connectivity index (χ1n) is 9.15. The molecule has 0 atom stereocenters. The number of hydrogen-bond acceptors (Lipinski definition) is 2. The van der Waals surface area contributed by atoms with Crippen molar-refractivity contribution < 1.29 is 0 Å². The lowest BCUT2D eigenvalue weighted by Crippen LogP contribution is -2.29. The Labute approximate surface area is 171 Å². The Hall–Kier alpha value is -2.30. The first kappa shape index (κ1) is 19.5. The number of benzene rings is 3. The van der Waals surface area contributed by atoms with Gasteiger partial charge in [0.2, 0.25) is 0 Å². The summed E-state index contributed by atoms with van der Waals surface area (Å²) in [5.41, 5.74) is 3.68. The normalized spacial score (nSPS) is 10.4. The maximum atomic E-state index is 5.39. The van der Waals surface area contributed by atoms with Crippen molar-refractivity contribution in [2.75, 3.05) is 11.9 Å². The maximum absolute atomic E-state index is 5.39. The highest BCUT2D eigenvalue weighted by molar-refractivity contribution is 7.98. The largest absolute Gasteiger partial charge is 0.362 e. The molecule has 138 valence electrons. The molecule has 0 spiro atoms. The van der Waals surface area contributed by atoms with E-state index in [9.17, 15) is 0 Å². The topological polar surface area (TPSA) is 24.1 Å². The van der Waals surface area contributed by atoms with E-state index >= 15 is 0 Å². The predicted molar refractivity (Wildman–Crippen MR) is 121 cm³/mol. The highest BCUT2D eigenvalue weighted by Gasteiger charge is 2.00. The van der Waals surface area contributed by atoms with Crippen LogP contribution >= 0.6 is 24.0 Å². The summed E-state index contributed by atoms with van der Waals surface area (Å²) in [7, 11) is 0. The van der Waals surface area contributed by atoms with Crippen LogP contribution in [-0.2, 0) is 12.2 Å². The Morgan fingerprint density at radius 2 is 1.44 bits per heavy atom. The molecule has 0 amide bonds. The Morgan fingerprint density at radius 1 is 0.778 bits per heavy atom. The van der Waals surface area contributed by atoms with Crippen LogP contribution in [0.15, 0.2) is 89.8 Å². The van der Waals surface area contributed by atoms with E-state index in [2.05, 4.69) is 83.4 Å². The quantitative estimate of drug-likeness (QED) is 0.283. The number of thioether (sulfide) groups is 1. The molecule has 0 radical (unpaired) electrons. The summed E-state index contributed by atoms with van der Waals surface area (Å²) in [6.07, 6.45) is 2.12. The molecule has 0 fully saturated rings. The molecule has 4 heteroatoms. The van der Waals surface area contributed by atoms with Crippen molar-refractivity contribution in [2.45, 2.75) is 23.5 Å². The summed E-state index contributed by atoms with van der Waals surface area (Å²) in [4.78, 5) is 1.29. The van der Waals surface area contributed by atoms with E-state index in [1.165, 1.54) is 16.0 Å². The molecule has 0 unspecified atom stereocenters. The molecular formula is C23H24N2S2. The molecule has 27 heavy (non-hydrogen) atoms. The lowest BCUT2D eigenvalue weighted by atomic mass is 10.1. The second-order valence-corrected chi connectivity index (χ2v) is 7.73. The van der Waals surface area contributed by atoms with Gasteiger partial charge in [-0.2, -0.15) is 0 Å². The number of anilines is 1. The lowest BCUT2D eigenvalue weighted by molar-refractivity contribution is 0.777. The second-order valence-electron chi connectivity index (χ2n) is 6.27. The Bertz CT molecular complexity index is 818. The molecule has 2 nitrogen and oxygen atoms in total. The number of hydrogen-bond donors (Lipinski definition) is 2. The van der Waals surface area contributed by atoms with Gasteiger partial charge in [0.1, 0.15) is 0 Å². The first-order chi connectivity index (χ1) is 13.3. The van der Waals surface area contributed by atoms with E-state index in [0.29, 0.717) is 5.11 Å². The molecule has 3 aromatic rings. The van der Waals surface area contributed by atoms with Crippen LogP contribution in [0.2, 0.25) is 0 Å². The third-order valence-corrected chi connectivity index (χ3v) is 5.46. The molecule has 0 aliphatic rings. The molecule has 3 aromatic carbocycles. The molecule has 0 bridgehead atoms. The van der Waals surface area contributed by atoms with Crippen molar-refractivity contribution in [1.82, 2.24) is 5.32 Å². The van der Waals surface area contributed by atoms with Crippen LogP contribution in [0.5, 0.6) is 0 Å². The summed E-state index contributed by atoms with van der Waals surface area (Å²) in [6.45, 7) is 0.868. The van der Waals surface area contributed by atoms with E-state index in [4.69, 9.17) is 12.2 Å². The zero-order chi connectivity index (χ0) is 18.7. The predicted octanol–water partition coefficient (Wildman–Crippen LogP) is 5.90. The van der Waals surface area contributed by atoms with Gasteiger partial charge in [-0.05, 0) is 60.5 Å². The van der Waals surface area contributed by atoms with E-state index in [0.717, 1.165) is 30.8 Å². The highest BCUT2D eigenvalue weighted by atomic mass is 32.2. The van der Waals surface area contributed by atoms with Crippen molar-refractivity contribution in [2.24, 2.45) is 0 Å². The Kier molecular flexibility index (Phi) is 7.75. The van der Waals surface area contributed by atoms with Crippen LogP contribution in [0.1, 0.15) is 17.5 Å². The van der Waals surface area contributed by atoms with Gasteiger partial charge in [-0.3, -0.25) is 0 Å². The average Bonchev–Trinajstić information content (AvgIpc) is 2.72.